The van der Waals surface area contributed by atoms with Crippen molar-refractivity contribution in [3.05, 3.63) is 41.9 Å². The molecule has 0 aliphatic rings. The Labute approximate surface area is 115 Å². The average molecular weight is 277 g/mol. The quantitative estimate of drug-likeness (QED) is 0.826. The van der Waals surface area contributed by atoms with Crippen molar-refractivity contribution >= 4 is 11.9 Å². The van der Waals surface area contributed by atoms with E-state index in [0.717, 1.165) is 0 Å². The first-order chi connectivity index (χ1) is 9.56. The van der Waals surface area contributed by atoms with E-state index in [2.05, 4.69) is 10.3 Å². The molecule has 0 radical (unpaired) electrons. The molecule has 0 aromatic carbocycles. The van der Waals surface area contributed by atoms with Crippen molar-refractivity contribution in [2.24, 2.45) is 0 Å². The number of nitrogens with one attached hydrogen (secondary N) is 1. The first-order valence-electron chi connectivity index (χ1n) is 6.11. The number of carbonyl (C=O) groups excluding carboxylic acids is 1. The molecule has 1 amide bonds. The minimum absolute atomic E-state index is 0.118. The van der Waals surface area contributed by atoms with Gasteiger partial charge in [0.15, 0.2) is 0 Å². The zero-order chi connectivity index (χ0) is 14.5. The van der Waals surface area contributed by atoms with Crippen LogP contribution in [-0.2, 0) is 17.9 Å². The third kappa shape index (κ3) is 3.47. The highest BCUT2D eigenvalue weighted by atomic mass is 16.4. The lowest BCUT2D eigenvalue weighted by molar-refractivity contribution is -0.121. The summed E-state index contributed by atoms with van der Waals surface area (Å²) in [6, 6.07) is 1.42. The Kier molecular flexibility index (Phi) is 4.19. The van der Waals surface area contributed by atoms with Gasteiger partial charge in [-0.2, -0.15) is 0 Å². The molecule has 0 aliphatic heterocycles. The van der Waals surface area contributed by atoms with E-state index in [4.69, 9.17) is 9.52 Å². The smallest absolute Gasteiger partial charge is 0.339 e. The molecule has 0 saturated carbocycles. The summed E-state index contributed by atoms with van der Waals surface area (Å²) >= 11 is 0. The van der Waals surface area contributed by atoms with Crippen LogP contribution in [0.3, 0.4) is 0 Å². The van der Waals surface area contributed by atoms with E-state index in [1.165, 1.54) is 6.07 Å². The number of furan rings is 1. The predicted molar refractivity (Wildman–Crippen MR) is 69.1 cm³/mol. The van der Waals surface area contributed by atoms with Crippen LogP contribution >= 0.6 is 0 Å². The van der Waals surface area contributed by atoms with E-state index in [1.54, 1.807) is 30.2 Å². The molecule has 7 nitrogen and oxygen atoms in total. The molecule has 0 bridgehead atoms. The van der Waals surface area contributed by atoms with Crippen molar-refractivity contribution < 1.29 is 19.1 Å². The third-order valence-corrected chi connectivity index (χ3v) is 2.82. The van der Waals surface area contributed by atoms with Gasteiger partial charge in [0, 0.05) is 25.4 Å². The molecule has 0 atom stereocenters. The standard InChI is InChI=1S/C13H15N3O4/c1-9-11(13(18)19)6-10(20-9)7-15-12(17)2-4-16-5-3-14-8-16/h3,5-6,8H,2,4,7H2,1H3,(H,15,17)(H,18,19). The highest BCUT2D eigenvalue weighted by Crippen LogP contribution is 2.14. The molecule has 0 unspecified atom stereocenters. The number of hydrogen-bond donors (Lipinski definition) is 2. The van der Waals surface area contributed by atoms with E-state index in [9.17, 15) is 9.59 Å². The number of rotatable bonds is 6. The number of imidazole rings is 1. The first-order valence-corrected chi connectivity index (χ1v) is 6.11. The van der Waals surface area contributed by atoms with Gasteiger partial charge in [-0.15, -0.1) is 0 Å². The van der Waals surface area contributed by atoms with Crippen LogP contribution in [0.1, 0.15) is 28.3 Å². The lowest BCUT2D eigenvalue weighted by atomic mass is 10.2. The largest absolute Gasteiger partial charge is 0.478 e. The van der Waals surface area contributed by atoms with Crippen molar-refractivity contribution in [3.63, 3.8) is 0 Å². The maximum Gasteiger partial charge on any atom is 0.339 e. The summed E-state index contributed by atoms with van der Waals surface area (Å²) in [5.74, 6) is -0.412. The molecular weight excluding hydrogens is 262 g/mol. The molecule has 2 N–H and O–H groups in total. The summed E-state index contributed by atoms with van der Waals surface area (Å²) in [7, 11) is 0. The second-order valence-electron chi connectivity index (χ2n) is 4.31. The van der Waals surface area contributed by atoms with Crippen LogP contribution in [0.5, 0.6) is 0 Å². The Morgan fingerprint density at radius 3 is 2.90 bits per heavy atom. The number of hydrogen-bond acceptors (Lipinski definition) is 4. The van der Waals surface area contributed by atoms with Gasteiger partial charge in [0.2, 0.25) is 5.91 Å². The number of carbonyl (C=O) groups is 2. The average Bonchev–Trinajstić information content (AvgIpc) is 3.03. The predicted octanol–water partition coefficient (Wildman–Crippen LogP) is 1.19. The van der Waals surface area contributed by atoms with Crippen molar-refractivity contribution in [2.45, 2.75) is 26.4 Å². The van der Waals surface area contributed by atoms with E-state index >= 15 is 0 Å². The number of aromatic nitrogens is 2. The Morgan fingerprint density at radius 2 is 2.30 bits per heavy atom. The number of aromatic carboxylic acids is 1. The van der Waals surface area contributed by atoms with E-state index in [1.807, 2.05) is 0 Å². The fraction of sp³-hybridized carbons (Fsp3) is 0.308. The summed E-state index contributed by atoms with van der Waals surface area (Å²) in [5.41, 5.74) is 0.118. The van der Waals surface area contributed by atoms with E-state index in [-0.39, 0.29) is 18.0 Å². The lowest BCUT2D eigenvalue weighted by Crippen LogP contribution is -2.23. The van der Waals surface area contributed by atoms with Crippen molar-refractivity contribution in [2.75, 3.05) is 0 Å². The highest BCUT2D eigenvalue weighted by molar-refractivity contribution is 5.88. The number of aryl methyl sites for hydroxylation is 2. The second-order valence-corrected chi connectivity index (χ2v) is 4.31. The summed E-state index contributed by atoms with van der Waals surface area (Å²) < 4.78 is 7.07. The molecular formula is C13H15N3O4. The fourth-order valence-corrected chi connectivity index (χ4v) is 1.77. The zero-order valence-corrected chi connectivity index (χ0v) is 11.0. The molecule has 0 saturated heterocycles. The van der Waals surface area contributed by atoms with Crippen LogP contribution in [0.4, 0.5) is 0 Å². The summed E-state index contributed by atoms with van der Waals surface area (Å²) in [4.78, 5) is 26.4. The Hall–Kier alpha value is -2.57. The Morgan fingerprint density at radius 1 is 1.50 bits per heavy atom. The van der Waals surface area contributed by atoms with Crippen LogP contribution in [0, 0.1) is 6.92 Å². The molecule has 2 aromatic rings. The van der Waals surface area contributed by atoms with Crippen LogP contribution in [0.2, 0.25) is 0 Å². The summed E-state index contributed by atoms with van der Waals surface area (Å²) in [6.45, 7) is 2.30. The molecule has 0 spiro atoms. The molecule has 106 valence electrons. The van der Waals surface area contributed by atoms with E-state index in [0.29, 0.717) is 24.5 Å². The van der Waals surface area contributed by atoms with Crippen LogP contribution < -0.4 is 5.32 Å². The highest BCUT2D eigenvalue weighted by Gasteiger charge is 2.13. The van der Waals surface area contributed by atoms with E-state index < -0.39 is 5.97 Å². The topological polar surface area (TPSA) is 97.4 Å². The van der Waals surface area contributed by atoms with Crippen LogP contribution in [-0.4, -0.2) is 26.5 Å². The number of carboxylic acid groups (broad SMARTS) is 1. The van der Waals surface area contributed by atoms with Gasteiger partial charge in [-0.1, -0.05) is 0 Å². The van der Waals surface area contributed by atoms with Gasteiger partial charge in [0.1, 0.15) is 17.1 Å². The molecule has 2 heterocycles. The van der Waals surface area contributed by atoms with Crippen LogP contribution in [0.25, 0.3) is 0 Å². The molecule has 2 rings (SSSR count). The maximum absolute atomic E-state index is 11.6. The number of carboxylic acids is 1. The molecule has 7 heteroatoms. The van der Waals surface area contributed by atoms with Crippen molar-refractivity contribution in [1.82, 2.24) is 14.9 Å². The van der Waals surface area contributed by atoms with Crippen molar-refractivity contribution in [1.29, 1.82) is 0 Å². The SMILES string of the molecule is Cc1oc(CNC(=O)CCn2ccnc2)cc1C(=O)O. The second kappa shape index (κ2) is 6.05. The number of nitrogens with zero attached hydrogens (tertiary/aromatic N) is 2. The monoisotopic (exact) mass is 277 g/mol. The van der Waals surface area contributed by atoms with Gasteiger partial charge >= 0.3 is 5.97 Å². The Balaban J connectivity index is 1.81. The molecule has 0 aliphatic carbocycles. The summed E-state index contributed by atoms with van der Waals surface area (Å²) in [5, 5.41) is 11.6. The minimum Gasteiger partial charge on any atom is -0.478 e. The van der Waals surface area contributed by atoms with Gasteiger partial charge in [0.05, 0.1) is 12.9 Å². The van der Waals surface area contributed by atoms with Gasteiger partial charge in [-0.25, -0.2) is 9.78 Å². The normalized spacial score (nSPS) is 10.4. The van der Waals surface area contributed by atoms with Gasteiger partial charge in [-0.3, -0.25) is 4.79 Å². The summed E-state index contributed by atoms with van der Waals surface area (Å²) in [6.07, 6.45) is 5.39. The molecule has 2 aromatic heterocycles. The Bertz CT molecular complexity index is 601. The third-order valence-electron chi connectivity index (χ3n) is 2.82. The van der Waals surface area contributed by atoms with Crippen LogP contribution in [0.15, 0.2) is 29.2 Å². The molecule has 20 heavy (non-hydrogen) atoms. The molecule has 0 fully saturated rings. The van der Waals surface area contributed by atoms with Gasteiger partial charge in [0.25, 0.3) is 0 Å². The number of amides is 1. The minimum atomic E-state index is -1.04. The first kappa shape index (κ1) is 13.9. The lowest BCUT2D eigenvalue weighted by Gasteiger charge is -2.03. The van der Waals surface area contributed by atoms with Crippen molar-refractivity contribution in [3.8, 4) is 0 Å². The zero-order valence-electron chi connectivity index (χ0n) is 11.0. The fourth-order valence-electron chi connectivity index (χ4n) is 1.77. The van der Waals surface area contributed by atoms with Gasteiger partial charge in [-0.05, 0) is 13.0 Å². The maximum atomic E-state index is 11.6. The van der Waals surface area contributed by atoms with Gasteiger partial charge < -0.3 is 19.4 Å².